The zero-order valence-corrected chi connectivity index (χ0v) is 17.9. The highest BCUT2D eigenvalue weighted by Crippen LogP contribution is 2.26. The highest BCUT2D eigenvalue weighted by molar-refractivity contribution is 7.89. The molecule has 3 rings (SSSR count). The predicted octanol–water partition coefficient (Wildman–Crippen LogP) is 1.96. The number of sulfonamides is 1. The van der Waals surface area contributed by atoms with Gasteiger partial charge in [-0.3, -0.25) is 9.59 Å². The summed E-state index contributed by atoms with van der Waals surface area (Å²) < 4.78 is 32.3. The zero-order chi connectivity index (χ0) is 21.6. The summed E-state index contributed by atoms with van der Waals surface area (Å²) in [6.07, 6.45) is 9.30. The quantitative estimate of drug-likeness (QED) is 0.575. The van der Waals surface area contributed by atoms with Crippen LogP contribution in [0.1, 0.15) is 55.3 Å². The van der Waals surface area contributed by atoms with Crippen molar-refractivity contribution in [2.45, 2.75) is 49.8 Å². The van der Waals surface area contributed by atoms with Gasteiger partial charge in [0.2, 0.25) is 10.0 Å². The van der Waals surface area contributed by atoms with E-state index >= 15 is 0 Å². The van der Waals surface area contributed by atoms with Gasteiger partial charge in [0.1, 0.15) is 5.75 Å². The summed E-state index contributed by atoms with van der Waals surface area (Å²) in [6.45, 7) is 1.17. The SMILES string of the molecule is NC(=O)c1cc(S(=O)(=O)N2CCCC2)ccc1OCC(=O)NCCC1=CCCCC1. The first-order chi connectivity index (χ1) is 14.4. The van der Waals surface area contributed by atoms with Crippen molar-refractivity contribution >= 4 is 21.8 Å². The number of ether oxygens (including phenoxy) is 1. The van der Waals surface area contributed by atoms with Crippen LogP contribution in [0.5, 0.6) is 5.75 Å². The van der Waals surface area contributed by atoms with Crippen LogP contribution in [-0.2, 0) is 14.8 Å². The summed E-state index contributed by atoms with van der Waals surface area (Å²) in [7, 11) is -3.68. The van der Waals surface area contributed by atoms with Gasteiger partial charge in [-0.1, -0.05) is 11.6 Å². The van der Waals surface area contributed by atoms with Gasteiger partial charge in [0.05, 0.1) is 10.5 Å². The minimum absolute atomic E-state index is 0.00393. The molecule has 1 heterocycles. The molecule has 164 valence electrons. The Bertz CT molecular complexity index is 921. The van der Waals surface area contributed by atoms with Crippen LogP contribution >= 0.6 is 0 Å². The highest BCUT2D eigenvalue weighted by Gasteiger charge is 2.28. The van der Waals surface area contributed by atoms with E-state index in [0.29, 0.717) is 19.6 Å². The Balaban J connectivity index is 1.59. The molecule has 1 aliphatic carbocycles. The minimum Gasteiger partial charge on any atom is -0.483 e. The van der Waals surface area contributed by atoms with Gasteiger partial charge in [0.15, 0.2) is 6.61 Å². The molecular weight excluding hydrogens is 406 g/mol. The average Bonchev–Trinajstić information content (AvgIpc) is 3.28. The number of primary amides is 1. The van der Waals surface area contributed by atoms with Crippen LogP contribution in [-0.4, -0.2) is 50.8 Å². The Hall–Kier alpha value is -2.39. The fraction of sp³-hybridized carbons (Fsp3) is 0.524. The van der Waals surface area contributed by atoms with Crippen molar-refractivity contribution in [2.75, 3.05) is 26.2 Å². The molecule has 1 fully saturated rings. The Labute approximate surface area is 177 Å². The first-order valence-electron chi connectivity index (χ1n) is 10.4. The molecule has 0 saturated carbocycles. The van der Waals surface area contributed by atoms with Gasteiger partial charge in [-0.15, -0.1) is 0 Å². The number of nitrogens with zero attached hydrogens (tertiary/aromatic N) is 1. The van der Waals surface area contributed by atoms with Crippen molar-refractivity contribution in [3.63, 3.8) is 0 Å². The number of benzene rings is 1. The number of amides is 2. The maximum absolute atomic E-state index is 12.7. The fourth-order valence-corrected chi connectivity index (χ4v) is 5.30. The maximum Gasteiger partial charge on any atom is 0.257 e. The summed E-state index contributed by atoms with van der Waals surface area (Å²) in [6, 6.07) is 3.98. The van der Waals surface area contributed by atoms with Crippen LogP contribution in [0, 0.1) is 0 Å². The first kappa shape index (κ1) is 22.3. The number of nitrogens with one attached hydrogen (secondary N) is 1. The van der Waals surface area contributed by atoms with E-state index in [1.807, 2.05) is 0 Å². The molecule has 0 aromatic heterocycles. The smallest absolute Gasteiger partial charge is 0.257 e. The van der Waals surface area contributed by atoms with E-state index < -0.39 is 15.9 Å². The second kappa shape index (κ2) is 10.1. The average molecular weight is 436 g/mol. The Kier molecular flexibility index (Phi) is 7.49. The summed E-state index contributed by atoms with van der Waals surface area (Å²) in [5, 5.41) is 2.80. The summed E-state index contributed by atoms with van der Waals surface area (Å²) in [5.74, 6) is -1.03. The van der Waals surface area contributed by atoms with Gasteiger partial charge in [-0.25, -0.2) is 8.42 Å². The van der Waals surface area contributed by atoms with Crippen LogP contribution in [0.4, 0.5) is 0 Å². The maximum atomic E-state index is 12.7. The molecule has 3 N–H and O–H groups in total. The lowest BCUT2D eigenvalue weighted by atomic mass is 9.97. The third-order valence-corrected chi connectivity index (χ3v) is 7.33. The molecule has 9 heteroatoms. The van der Waals surface area contributed by atoms with Crippen molar-refractivity contribution in [3.05, 3.63) is 35.4 Å². The molecule has 1 aromatic carbocycles. The normalized spacial score (nSPS) is 17.4. The van der Waals surface area contributed by atoms with Crippen LogP contribution in [0.25, 0.3) is 0 Å². The molecule has 0 atom stereocenters. The van der Waals surface area contributed by atoms with Gasteiger partial charge in [-0.2, -0.15) is 4.31 Å². The topological polar surface area (TPSA) is 119 Å². The van der Waals surface area contributed by atoms with E-state index in [9.17, 15) is 18.0 Å². The number of hydrogen-bond donors (Lipinski definition) is 2. The summed E-state index contributed by atoms with van der Waals surface area (Å²) in [4.78, 5) is 23.9. The van der Waals surface area contributed by atoms with Crippen LogP contribution in [0.2, 0.25) is 0 Å². The lowest BCUT2D eigenvalue weighted by molar-refractivity contribution is -0.123. The zero-order valence-electron chi connectivity index (χ0n) is 17.1. The molecule has 30 heavy (non-hydrogen) atoms. The number of nitrogens with two attached hydrogens (primary N) is 1. The van der Waals surface area contributed by atoms with Crippen LogP contribution < -0.4 is 15.8 Å². The van der Waals surface area contributed by atoms with E-state index in [1.54, 1.807) is 0 Å². The highest BCUT2D eigenvalue weighted by atomic mass is 32.2. The van der Waals surface area contributed by atoms with Gasteiger partial charge in [-0.05, 0) is 63.1 Å². The molecule has 0 radical (unpaired) electrons. The second-order valence-corrected chi connectivity index (χ2v) is 9.57. The van der Waals surface area contributed by atoms with Crippen molar-refractivity contribution in [1.82, 2.24) is 9.62 Å². The van der Waals surface area contributed by atoms with E-state index in [0.717, 1.165) is 32.1 Å². The van der Waals surface area contributed by atoms with Crippen molar-refractivity contribution < 1.29 is 22.7 Å². The molecule has 2 amide bonds. The fourth-order valence-electron chi connectivity index (χ4n) is 3.75. The third-order valence-electron chi connectivity index (χ3n) is 5.43. The van der Waals surface area contributed by atoms with Gasteiger partial charge >= 0.3 is 0 Å². The van der Waals surface area contributed by atoms with Crippen molar-refractivity contribution in [2.24, 2.45) is 5.73 Å². The molecular formula is C21H29N3O5S. The summed E-state index contributed by atoms with van der Waals surface area (Å²) >= 11 is 0. The number of rotatable bonds is 9. The molecule has 0 spiro atoms. The lowest BCUT2D eigenvalue weighted by Gasteiger charge is -2.17. The van der Waals surface area contributed by atoms with Crippen molar-refractivity contribution in [1.29, 1.82) is 0 Å². The van der Waals surface area contributed by atoms with Gasteiger partial charge in [0.25, 0.3) is 11.8 Å². The number of carbonyl (C=O) groups excluding carboxylic acids is 2. The number of allylic oxidation sites excluding steroid dienone is 1. The lowest BCUT2D eigenvalue weighted by Crippen LogP contribution is -2.30. The van der Waals surface area contributed by atoms with Crippen molar-refractivity contribution in [3.8, 4) is 5.75 Å². The molecule has 1 saturated heterocycles. The Morgan fingerprint density at radius 3 is 2.57 bits per heavy atom. The predicted molar refractivity (Wildman–Crippen MR) is 113 cm³/mol. The second-order valence-electron chi connectivity index (χ2n) is 7.63. The Morgan fingerprint density at radius 1 is 1.13 bits per heavy atom. The Morgan fingerprint density at radius 2 is 1.90 bits per heavy atom. The molecule has 1 aromatic rings. The van der Waals surface area contributed by atoms with Crippen LogP contribution in [0.15, 0.2) is 34.7 Å². The minimum atomic E-state index is -3.68. The summed E-state index contributed by atoms with van der Waals surface area (Å²) in [5.41, 5.74) is 6.72. The van der Waals surface area contributed by atoms with E-state index in [4.69, 9.17) is 10.5 Å². The monoisotopic (exact) mass is 435 g/mol. The molecule has 8 nitrogen and oxygen atoms in total. The van der Waals surface area contributed by atoms with E-state index in [1.165, 1.54) is 40.9 Å². The molecule has 2 aliphatic rings. The van der Waals surface area contributed by atoms with Gasteiger partial charge < -0.3 is 15.8 Å². The standard InChI is InChI=1S/C21H29N3O5S/c22-21(26)18-14-17(30(27,28)24-12-4-5-13-24)8-9-19(18)29-15-20(25)23-11-10-16-6-2-1-3-7-16/h6,8-9,14H,1-5,7,10-13,15H2,(H2,22,26)(H,23,25). The van der Waals surface area contributed by atoms with E-state index in [2.05, 4.69) is 11.4 Å². The number of hydrogen-bond acceptors (Lipinski definition) is 5. The molecule has 1 aliphatic heterocycles. The molecule has 0 unspecified atom stereocenters. The van der Waals surface area contributed by atoms with Crippen LogP contribution in [0.3, 0.4) is 0 Å². The third kappa shape index (κ3) is 5.60. The number of carbonyl (C=O) groups is 2. The van der Waals surface area contributed by atoms with Gasteiger partial charge in [0, 0.05) is 19.6 Å². The van der Waals surface area contributed by atoms with E-state index in [-0.39, 0.29) is 28.7 Å². The molecule has 0 bridgehead atoms. The first-order valence-corrected chi connectivity index (χ1v) is 11.8. The largest absolute Gasteiger partial charge is 0.483 e.